The van der Waals surface area contributed by atoms with E-state index in [2.05, 4.69) is 15.4 Å². The van der Waals surface area contributed by atoms with E-state index >= 15 is 0 Å². The molecule has 1 amide bonds. The normalized spacial score (nSPS) is 15.8. The number of carbonyl (C=O) groups is 1. The van der Waals surface area contributed by atoms with Crippen LogP contribution in [0.5, 0.6) is 6.01 Å². The molecule has 1 fully saturated rings. The third-order valence-electron chi connectivity index (χ3n) is 3.51. The van der Waals surface area contributed by atoms with Gasteiger partial charge in [0.15, 0.2) is 6.10 Å². The number of aromatic nitrogens is 3. The molecule has 1 aliphatic carbocycles. The summed E-state index contributed by atoms with van der Waals surface area (Å²) in [5, 5.41) is 6.81. The largest absolute Gasteiger partial charge is 0.449 e. The molecule has 2 aromatic rings. The number of hydrogen-bond acceptors (Lipinski definition) is 4. The molecule has 3 rings (SSSR count). The molecule has 1 saturated carbocycles. The van der Waals surface area contributed by atoms with E-state index in [0.717, 1.165) is 25.0 Å². The zero-order chi connectivity index (χ0) is 17.3. The number of alkyl halides is 3. The van der Waals surface area contributed by atoms with Crippen LogP contribution in [-0.4, -0.2) is 32.8 Å². The van der Waals surface area contributed by atoms with Crippen molar-refractivity contribution in [3.05, 3.63) is 36.2 Å². The minimum Gasteiger partial charge on any atom is -0.449 e. The van der Waals surface area contributed by atoms with E-state index in [4.69, 9.17) is 4.74 Å². The fourth-order valence-corrected chi connectivity index (χ4v) is 1.99. The van der Waals surface area contributed by atoms with Crippen LogP contribution in [0.25, 0.3) is 5.69 Å². The van der Waals surface area contributed by atoms with Crippen molar-refractivity contribution in [2.24, 2.45) is 0 Å². The lowest BCUT2D eigenvalue weighted by molar-refractivity contribution is -0.137. The maximum absolute atomic E-state index is 12.5. The highest BCUT2D eigenvalue weighted by Crippen LogP contribution is 2.29. The molecule has 1 unspecified atom stereocenters. The van der Waals surface area contributed by atoms with Gasteiger partial charge in [-0.2, -0.15) is 18.2 Å². The predicted molar refractivity (Wildman–Crippen MR) is 77.6 cm³/mol. The molecule has 9 heteroatoms. The van der Waals surface area contributed by atoms with Crippen molar-refractivity contribution in [1.82, 2.24) is 20.1 Å². The highest BCUT2D eigenvalue weighted by atomic mass is 19.4. The minimum atomic E-state index is -4.39. The lowest BCUT2D eigenvalue weighted by Gasteiger charge is -2.11. The minimum absolute atomic E-state index is 0.0201. The fraction of sp³-hybridized carbons (Fsp3) is 0.400. The Kier molecular flexibility index (Phi) is 4.16. The molecule has 128 valence electrons. The van der Waals surface area contributed by atoms with Gasteiger partial charge in [-0.1, -0.05) is 0 Å². The summed E-state index contributed by atoms with van der Waals surface area (Å²) >= 11 is 0. The van der Waals surface area contributed by atoms with Crippen LogP contribution >= 0.6 is 0 Å². The Morgan fingerprint density at radius 1 is 1.33 bits per heavy atom. The molecule has 1 aromatic carbocycles. The van der Waals surface area contributed by atoms with Crippen LogP contribution in [0, 0.1) is 0 Å². The molecule has 1 atom stereocenters. The van der Waals surface area contributed by atoms with Crippen molar-refractivity contribution < 1.29 is 22.7 Å². The predicted octanol–water partition coefficient (Wildman–Crippen LogP) is 2.33. The van der Waals surface area contributed by atoms with Crippen molar-refractivity contribution in [2.45, 2.75) is 38.1 Å². The molecule has 24 heavy (non-hydrogen) atoms. The SMILES string of the molecule is CC(Oc1ncn(-c2ccc(C(F)(F)F)cc2)n1)C(=O)NC1CC1. The van der Waals surface area contributed by atoms with Crippen LogP contribution in [0.2, 0.25) is 0 Å². The smallest absolute Gasteiger partial charge is 0.416 e. The summed E-state index contributed by atoms with van der Waals surface area (Å²) in [6.45, 7) is 1.58. The molecule has 0 aliphatic heterocycles. The zero-order valence-corrected chi connectivity index (χ0v) is 12.7. The Hall–Kier alpha value is -2.58. The number of ether oxygens (including phenoxy) is 1. The number of benzene rings is 1. The van der Waals surface area contributed by atoms with Gasteiger partial charge in [0.25, 0.3) is 5.91 Å². The van der Waals surface area contributed by atoms with Gasteiger partial charge in [0.1, 0.15) is 6.33 Å². The van der Waals surface area contributed by atoms with Crippen LogP contribution in [0.15, 0.2) is 30.6 Å². The lowest BCUT2D eigenvalue weighted by Crippen LogP contribution is -2.37. The Balaban J connectivity index is 1.65. The molecular formula is C15H15F3N4O2. The summed E-state index contributed by atoms with van der Waals surface area (Å²) in [6, 6.07) is 4.69. The maximum Gasteiger partial charge on any atom is 0.416 e. The van der Waals surface area contributed by atoms with Gasteiger partial charge < -0.3 is 10.1 Å². The first-order valence-electron chi connectivity index (χ1n) is 7.39. The zero-order valence-electron chi connectivity index (χ0n) is 12.7. The van der Waals surface area contributed by atoms with Crippen LogP contribution in [0.4, 0.5) is 13.2 Å². The Morgan fingerprint density at radius 3 is 2.58 bits per heavy atom. The number of carbonyl (C=O) groups excluding carboxylic acids is 1. The monoisotopic (exact) mass is 340 g/mol. The molecule has 1 heterocycles. The van der Waals surface area contributed by atoms with Crippen molar-refractivity contribution in [2.75, 3.05) is 0 Å². The number of amides is 1. The fourth-order valence-electron chi connectivity index (χ4n) is 1.99. The Labute approximate surface area is 135 Å². The van der Waals surface area contributed by atoms with E-state index in [1.54, 1.807) is 6.92 Å². The second-order valence-corrected chi connectivity index (χ2v) is 5.56. The first kappa shape index (κ1) is 16.3. The summed E-state index contributed by atoms with van der Waals surface area (Å²) in [6.07, 6.45) is -1.89. The third-order valence-corrected chi connectivity index (χ3v) is 3.51. The summed E-state index contributed by atoms with van der Waals surface area (Å²) in [7, 11) is 0. The molecule has 6 nitrogen and oxygen atoms in total. The van der Waals surface area contributed by atoms with E-state index in [-0.39, 0.29) is 18.0 Å². The Morgan fingerprint density at radius 2 is 2.00 bits per heavy atom. The molecule has 0 saturated heterocycles. The van der Waals surface area contributed by atoms with E-state index < -0.39 is 17.8 Å². The first-order valence-corrected chi connectivity index (χ1v) is 7.39. The van der Waals surface area contributed by atoms with Gasteiger partial charge in [-0.15, -0.1) is 5.10 Å². The van der Waals surface area contributed by atoms with Crippen LogP contribution in [0.1, 0.15) is 25.3 Å². The van der Waals surface area contributed by atoms with Crippen LogP contribution in [-0.2, 0) is 11.0 Å². The van der Waals surface area contributed by atoms with Gasteiger partial charge in [-0.25, -0.2) is 4.68 Å². The molecule has 0 bridgehead atoms. The topological polar surface area (TPSA) is 69.0 Å². The van der Waals surface area contributed by atoms with Crippen molar-refractivity contribution >= 4 is 5.91 Å². The average Bonchev–Trinajstić information content (AvgIpc) is 3.22. The summed E-state index contributed by atoms with van der Waals surface area (Å²) in [4.78, 5) is 15.7. The summed E-state index contributed by atoms with van der Waals surface area (Å²) < 4.78 is 44.3. The highest BCUT2D eigenvalue weighted by Gasteiger charge is 2.30. The van der Waals surface area contributed by atoms with E-state index in [0.29, 0.717) is 5.69 Å². The first-order chi connectivity index (χ1) is 11.3. The van der Waals surface area contributed by atoms with Gasteiger partial charge in [0.05, 0.1) is 11.3 Å². The molecule has 0 spiro atoms. The number of rotatable bonds is 5. The van der Waals surface area contributed by atoms with Gasteiger partial charge in [-0.05, 0) is 44.0 Å². The number of hydrogen-bond donors (Lipinski definition) is 1. The third kappa shape index (κ3) is 3.84. The highest BCUT2D eigenvalue weighted by molar-refractivity contribution is 5.81. The van der Waals surface area contributed by atoms with Crippen molar-refractivity contribution in [3.63, 3.8) is 0 Å². The van der Waals surface area contributed by atoms with Gasteiger partial charge in [0.2, 0.25) is 0 Å². The number of halogens is 3. The summed E-state index contributed by atoms with van der Waals surface area (Å²) in [5.74, 6) is -0.247. The average molecular weight is 340 g/mol. The molecule has 1 aromatic heterocycles. The van der Waals surface area contributed by atoms with Gasteiger partial charge >= 0.3 is 12.2 Å². The lowest BCUT2D eigenvalue weighted by atomic mass is 10.2. The van der Waals surface area contributed by atoms with Crippen LogP contribution in [0.3, 0.4) is 0 Å². The van der Waals surface area contributed by atoms with Gasteiger partial charge in [0, 0.05) is 6.04 Å². The number of nitrogens with one attached hydrogen (secondary N) is 1. The van der Waals surface area contributed by atoms with Crippen molar-refractivity contribution in [1.29, 1.82) is 0 Å². The van der Waals surface area contributed by atoms with Crippen molar-refractivity contribution in [3.8, 4) is 11.7 Å². The van der Waals surface area contributed by atoms with Gasteiger partial charge in [-0.3, -0.25) is 4.79 Å². The van der Waals surface area contributed by atoms with Crippen LogP contribution < -0.4 is 10.1 Å². The standard InChI is InChI=1S/C15H15F3N4O2/c1-9(13(23)20-11-4-5-11)24-14-19-8-22(21-14)12-6-2-10(3-7-12)15(16,17)18/h2-3,6-9,11H,4-5H2,1H3,(H,20,23). The quantitative estimate of drug-likeness (QED) is 0.907. The molecule has 0 radical (unpaired) electrons. The number of nitrogens with zero attached hydrogens (tertiary/aromatic N) is 3. The molecular weight excluding hydrogens is 325 g/mol. The van der Waals surface area contributed by atoms with E-state index in [9.17, 15) is 18.0 Å². The molecule has 1 aliphatic rings. The van der Waals surface area contributed by atoms with E-state index in [1.165, 1.54) is 23.1 Å². The summed E-state index contributed by atoms with van der Waals surface area (Å²) in [5.41, 5.74) is -0.339. The molecule has 1 N–H and O–H groups in total. The van der Waals surface area contributed by atoms with E-state index in [1.807, 2.05) is 0 Å². The second kappa shape index (κ2) is 6.14. The second-order valence-electron chi connectivity index (χ2n) is 5.56. The Bertz CT molecular complexity index is 723. The maximum atomic E-state index is 12.5.